The van der Waals surface area contributed by atoms with Gasteiger partial charge in [-0.05, 0) is 42.3 Å². The van der Waals surface area contributed by atoms with E-state index in [9.17, 15) is 14.0 Å². The van der Waals surface area contributed by atoms with Gasteiger partial charge in [0.15, 0.2) is 5.69 Å². The van der Waals surface area contributed by atoms with Crippen molar-refractivity contribution >= 4 is 17.3 Å². The number of nitrogens with zero attached hydrogens (tertiary/aromatic N) is 2. The first-order chi connectivity index (χ1) is 12.1. The predicted octanol–water partition coefficient (Wildman–Crippen LogP) is 1.56. The van der Waals surface area contributed by atoms with E-state index in [-0.39, 0.29) is 24.0 Å². The molecule has 2 N–H and O–H groups in total. The van der Waals surface area contributed by atoms with Gasteiger partial charge in [0.2, 0.25) is 5.91 Å². The van der Waals surface area contributed by atoms with Crippen LogP contribution in [0, 0.1) is 5.82 Å². The number of amides is 2. The number of aromatic nitrogens is 2. The second-order valence-corrected chi connectivity index (χ2v) is 5.51. The van der Waals surface area contributed by atoms with Crippen LogP contribution in [0.25, 0.3) is 5.52 Å². The normalized spacial score (nSPS) is 10.6. The number of fused-ring (bicyclic) bond motifs is 1. The van der Waals surface area contributed by atoms with Crippen molar-refractivity contribution in [2.24, 2.45) is 0 Å². The number of pyridine rings is 1. The van der Waals surface area contributed by atoms with Crippen LogP contribution in [0.4, 0.5) is 4.39 Å². The number of nitrogens with one attached hydrogen (secondary N) is 2. The zero-order valence-corrected chi connectivity index (χ0v) is 13.4. The summed E-state index contributed by atoms with van der Waals surface area (Å²) in [5, 5.41) is 9.35. The van der Waals surface area contributed by atoms with E-state index in [1.807, 2.05) is 18.2 Å². The molecule has 0 aliphatic rings. The molecule has 0 fully saturated rings. The largest absolute Gasteiger partial charge is 0.354 e. The SMILES string of the molecule is O=C(CNC(=O)c1cc2ccccn2n1)NCCc1cccc(F)c1. The maximum Gasteiger partial charge on any atom is 0.272 e. The van der Waals surface area contributed by atoms with Crippen LogP contribution in [0.5, 0.6) is 0 Å². The highest BCUT2D eigenvalue weighted by atomic mass is 19.1. The summed E-state index contributed by atoms with van der Waals surface area (Å²) in [4.78, 5) is 23.8. The highest BCUT2D eigenvalue weighted by Gasteiger charge is 2.11. The molecule has 2 heterocycles. The maximum atomic E-state index is 13.1. The van der Waals surface area contributed by atoms with Gasteiger partial charge in [-0.2, -0.15) is 5.10 Å². The van der Waals surface area contributed by atoms with Gasteiger partial charge in [-0.25, -0.2) is 8.91 Å². The van der Waals surface area contributed by atoms with Crippen molar-refractivity contribution in [1.29, 1.82) is 0 Å². The summed E-state index contributed by atoms with van der Waals surface area (Å²) in [7, 11) is 0. The average molecular weight is 340 g/mol. The van der Waals surface area contributed by atoms with Gasteiger partial charge in [-0.1, -0.05) is 18.2 Å². The Morgan fingerprint density at radius 3 is 2.76 bits per heavy atom. The quantitative estimate of drug-likeness (QED) is 0.715. The minimum atomic E-state index is -0.413. The Balaban J connectivity index is 1.44. The molecule has 6 nitrogen and oxygen atoms in total. The summed E-state index contributed by atoms with van der Waals surface area (Å²) in [6, 6.07) is 13.4. The third kappa shape index (κ3) is 4.41. The van der Waals surface area contributed by atoms with Crippen LogP contribution >= 0.6 is 0 Å². The lowest BCUT2D eigenvalue weighted by Gasteiger charge is -2.06. The van der Waals surface area contributed by atoms with E-state index in [0.29, 0.717) is 13.0 Å². The summed E-state index contributed by atoms with van der Waals surface area (Å²) < 4.78 is 14.6. The standard InChI is InChI=1S/C18H17FN4O2/c19-14-5-3-4-13(10-14)7-8-20-17(24)12-21-18(25)16-11-15-6-1-2-9-23(15)22-16/h1-6,9-11H,7-8,12H2,(H,20,24)(H,21,25). The summed E-state index contributed by atoms with van der Waals surface area (Å²) in [6.45, 7) is 0.225. The fraction of sp³-hybridized carbons (Fsp3) is 0.167. The Morgan fingerprint density at radius 2 is 1.96 bits per heavy atom. The minimum Gasteiger partial charge on any atom is -0.354 e. The third-order valence-electron chi connectivity index (χ3n) is 3.64. The average Bonchev–Trinajstić information content (AvgIpc) is 3.04. The zero-order valence-electron chi connectivity index (χ0n) is 13.4. The van der Waals surface area contributed by atoms with Crippen LogP contribution in [0.1, 0.15) is 16.1 Å². The lowest BCUT2D eigenvalue weighted by Crippen LogP contribution is -2.37. The van der Waals surface area contributed by atoms with E-state index < -0.39 is 5.91 Å². The molecule has 0 saturated carbocycles. The van der Waals surface area contributed by atoms with Gasteiger partial charge in [0.05, 0.1) is 12.1 Å². The summed E-state index contributed by atoms with van der Waals surface area (Å²) in [6.07, 6.45) is 2.26. The Morgan fingerprint density at radius 1 is 1.08 bits per heavy atom. The second-order valence-electron chi connectivity index (χ2n) is 5.51. The van der Waals surface area contributed by atoms with Crippen molar-refractivity contribution < 1.29 is 14.0 Å². The van der Waals surface area contributed by atoms with Gasteiger partial charge in [0, 0.05) is 12.7 Å². The van der Waals surface area contributed by atoms with Crippen molar-refractivity contribution in [2.75, 3.05) is 13.1 Å². The lowest BCUT2D eigenvalue weighted by molar-refractivity contribution is -0.120. The molecule has 3 aromatic rings. The summed E-state index contributed by atoms with van der Waals surface area (Å²) in [5.41, 5.74) is 1.85. The molecule has 128 valence electrons. The van der Waals surface area contributed by atoms with E-state index in [0.717, 1.165) is 11.1 Å². The molecule has 0 bridgehead atoms. The minimum absolute atomic E-state index is 0.143. The molecule has 0 saturated heterocycles. The lowest BCUT2D eigenvalue weighted by atomic mass is 10.1. The second kappa shape index (κ2) is 7.57. The van der Waals surface area contributed by atoms with Crippen molar-refractivity contribution in [3.63, 3.8) is 0 Å². The third-order valence-corrected chi connectivity index (χ3v) is 3.64. The number of rotatable bonds is 6. The Hall–Kier alpha value is -3.22. The van der Waals surface area contributed by atoms with Crippen molar-refractivity contribution in [1.82, 2.24) is 20.2 Å². The number of hydrogen-bond acceptors (Lipinski definition) is 3. The van der Waals surface area contributed by atoms with Gasteiger partial charge in [-0.3, -0.25) is 9.59 Å². The van der Waals surface area contributed by atoms with Crippen LogP contribution in [-0.2, 0) is 11.2 Å². The first-order valence-corrected chi connectivity index (χ1v) is 7.85. The number of benzene rings is 1. The van der Waals surface area contributed by atoms with Gasteiger partial charge < -0.3 is 10.6 Å². The number of halogens is 1. The van der Waals surface area contributed by atoms with Gasteiger partial charge >= 0.3 is 0 Å². The van der Waals surface area contributed by atoms with Crippen molar-refractivity contribution in [3.05, 3.63) is 71.8 Å². The molecular formula is C18H17FN4O2. The van der Waals surface area contributed by atoms with E-state index in [1.165, 1.54) is 12.1 Å². The van der Waals surface area contributed by atoms with Crippen LogP contribution in [0.15, 0.2) is 54.7 Å². The predicted molar refractivity (Wildman–Crippen MR) is 90.6 cm³/mol. The first kappa shape index (κ1) is 16.6. The smallest absolute Gasteiger partial charge is 0.272 e. The van der Waals surface area contributed by atoms with Crippen LogP contribution < -0.4 is 10.6 Å². The highest BCUT2D eigenvalue weighted by molar-refractivity contribution is 5.95. The molecule has 0 atom stereocenters. The molecule has 7 heteroatoms. The molecule has 3 rings (SSSR count). The Kier molecular flexibility index (Phi) is 5.03. The Labute approximate surface area is 143 Å². The summed E-state index contributed by atoms with van der Waals surface area (Å²) in [5.74, 6) is -1.03. The molecule has 0 spiro atoms. The van der Waals surface area contributed by atoms with Crippen molar-refractivity contribution in [3.8, 4) is 0 Å². The van der Waals surface area contributed by atoms with Crippen molar-refractivity contribution in [2.45, 2.75) is 6.42 Å². The van der Waals surface area contributed by atoms with Crippen LogP contribution in [0.3, 0.4) is 0 Å². The highest BCUT2D eigenvalue weighted by Crippen LogP contribution is 2.05. The molecule has 2 amide bonds. The van der Waals surface area contributed by atoms with E-state index in [4.69, 9.17) is 0 Å². The van der Waals surface area contributed by atoms with Crippen LogP contribution in [-0.4, -0.2) is 34.5 Å². The fourth-order valence-corrected chi connectivity index (χ4v) is 2.40. The molecule has 0 radical (unpaired) electrons. The Bertz CT molecular complexity index is 874. The molecule has 0 aliphatic heterocycles. The molecular weight excluding hydrogens is 323 g/mol. The van der Waals surface area contributed by atoms with Crippen LogP contribution in [0.2, 0.25) is 0 Å². The molecule has 2 aromatic heterocycles. The van der Waals surface area contributed by atoms with Gasteiger partial charge in [0.25, 0.3) is 5.91 Å². The summed E-state index contributed by atoms with van der Waals surface area (Å²) >= 11 is 0. The monoisotopic (exact) mass is 340 g/mol. The molecule has 25 heavy (non-hydrogen) atoms. The molecule has 1 aromatic carbocycles. The number of carbonyl (C=O) groups excluding carboxylic acids is 2. The van der Waals surface area contributed by atoms with E-state index >= 15 is 0 Å². The van der Waals surface area contributed by atoms with Gasteiger partial charge in [0.1, 0.15) is 5.82 Å². The fourth-order valence-electron chi connectivity index (χ4n) is 2.40. The molecule has 0 aliphatic carbocycles. The maximum absolute atomic E-state index is 13.1. The van der Waals surface area contributed by atoms with E-state index in [2.05, 4.69) is 15.7 Å². The van der Waals surface area contributed by atoms with Gasteiger partial charge in [-0.15, -0.1) is 0 Å². The number of hydrogen-bond donors (Lipinski definition) is 2. The number of carbonyl (C=O) groups is 2. The van der Waals surface area contributed by atoms with E-state index in [1.54, 1.807) is 28.9 Å². The molecule has 0 unspecified atom stereocenters. The topological polar surface area (TPSA) is 75.5 Å². The zero-order chi connectivity index (χ0) is 17.6. The first-order valence-electron chi connectivity index (χ1n) is 7.85.